The molecule has 3 heteroatoms. The maximum absolute atomic E-state index is 12.2. The number of rotatable bonds is 7. The lowest BCUT2D eigenvalue weighted by molar-refractivity contribution is -0.189. The molecule has 0 saturated heterocycles. The van der Waals surface area contributed by atoms with Crippen molar-refractivity contribution in [1.82, 2.24) is 0 Å². The lowest BCUT2D eigenvalue weighted by Gasteiger charge is -2.53. The standard InChI is InChI=1S/C20H34O3/c1-5-20(3,4)11-13(2)19(21)23-12-22-18-16-7-14-6-15(9-16)10-17(18)8-14/h13-18H,5-12H2,1-4H3. The van der Waals surface area contributed by atoms with Crippen molar-refractivity contribution in [1.29, 1.82) is 0 Å². The van der Waals surface area contributed by atoms with Gasteiger partial charge in [0.2, 0.25) is 0 Å². The first-order valence-electron chi connectivity index (χ1n) is 9.66. The van der Waals surface area contributed by atoms with Crippen LogP contribution in [0, 0.1) is 35.0 Å². The molecule has 0 N–H and O–H groups in total. The molecule has 4 fully saturated rings. The molecule has 4 bridgehead atoms. The fourth-order valence-electron chi connectivity index (χ4n) is 5.52. The van der Waals surface area contributed by atoms with E-state index in [1.165, 1.54) is 32.1 Å². The Bertz CT molecular complexity index is 401. The molecule has 0 aromatic heterocycles. The highest BCUT2D eigenvalue weighted by atomic mass is 16.7. The van der Waals surface area contributed by atoms with Gasteiger partial charge >= 0.3 is 5.97 Å². The molecular formula is C20H34O3. The van der Waals surface area contributed by atoms with Gasteiger partial charge in [-0.1, -0.05) is 34.1 Å². The van der Waals surface area contributed by atoms with Crippen LogP contribution in [0.15, 0.2) is 0 Å². The van der Waals surface area contributed by atoms with Crippen molar-refractivity contribution < 1.29 is 14.3 Å². The smallest absolute Gasteiger partial charge is 0.310 e. The number of esters is 1. The summed E-state index contributed by atoms with van der Waals surface area (Å²) in [6.07, 6.45) is 9.12. The van der Waals surface area contributed by atoms with Crippen LogP contribution in [0.1, 0.15) is 72.6 Å². The number of carbonyl (C=O) groups excluding carboxylic acids is 1. The average molecular weight is 322 g/mol. The molecule has 4 aliphatic rings. The Morgan fingerprint density at radius 2 is 1.65 bits per heavy atom. The van der Waals surface area contributed by atoms with Crippen LogP contribution in [-0.4, -0.2) is 18.9 Å². The molecule has 1 unspecified atom stereocenters. The van der Waals surface area contributed by atoms with Gasteiger partial charge in [0.15, 0.2) is 6.79 Å². The maximum atomic E-state index is 12.2. The molecule has 3 nitrogen and oxygen atoms in total. The molecule has 0 aromatic carbocycles. The molecule has 0 amide bonds. The Hall–Kier alpha value is -0.570. The minimum Gasteiger partial charge on any atom is -0.438 e. The van der Waals surface area contributed by atoms with Crippen LogP contribution >= 0.6 is 0 Å². The van der Waals surface area contributed by atoms with E-state index in [2.05, 4.69) is 20.8 Å². The Kier molecular flexibility index (Phi) is 5.06. The molecular weight excluding hydrogens is 288 g/mol. The van der Waals surface area contributed by atoms with Crippen LogP contribution in [0.2, 0.25) is 0 Å². The van der Waals surface area contributed by atoms with Gasteiger partial charge < -0.3 is 9.47 Å². The summed E-state index contributed by atoms with van der Waals surface area (Å²) in [5.41, 5.74) is 0.195. The highest BCUT2D eigenvalue weighted by molar-refractivity contribution is 5.71. The van der Waals surface area contributed by atoms with E-state index in [-0.39, 0.29) is 24.1 Å². The summed E-state index contributed by atoms with van der Waals surface area (Å²) in [6.45, 7) is 8.72. The van der Waals surface area contributed by atoms with Crippen LogP contribution < -0.4 is 0 Å². The van der Waals surface area contributed by atoms with Crippen LogP contribution in [0.3, 0.4) is 0 Å². The largest absolute Gasteiger partial charge is 0.438 e. The summed E-state index contributed by atoms with van der Waals surface area (Å²) in [4.78, 5) is 12.2. The normalized spacial score (nSPS) is 37.0. The van der Waals surface area contributed by atoms with Crippen molar-refractivity contribution in [3.05, 3.63) is 0 Å². The molecule has 0 aromatic rings. The fraction of sp³-hybridized carbons (Fsp3) is 0.950. The molecule has 23 heavy (non-hydrogen) atoms. The predicted molar refractivity (Wildman–Crippen MR) is 90.7 cm³/mol. The molecule has 132 valence electrons. The summed E-state index contributed by atoms with van der Waals surface area (Å²) in [7, 11) is 0. The zero-order valence-corrected chi connectivity index (χ0v) is 15.3. The summed E-state index contributed by atoms with van der Waals surface area (Å²) in [5.74, 6) is 3.21. The number of carbonyl (C=O) groups is 1. The van der Waals surface area contributed by atoms with Crippen LogP contribution in [-0.2, 0) is 14.3 Å². The minimum absolute atomic E-state index is 0.0490. The predicted octanol–water partition coefficient (Wildman–Crippen LogP) is 4.79. The van der Waals surface area contributed by atoms with Gasteiger partial charge in [0.1, 0.15) is 0 Å². The zero-order chi connectivity index (χ0) is 16.6. The first-order chi connectivity index (χ1) is 10.9. The number of hydrogen-bond acceptors (Lipinski definition) is 3. The monoisotopic (exact) mass is 322 g/mol. The Morgan fingerprint density at radius 1 is 1.09 bits per heavy atom. The van der Waals surface area contributed by atoms with Gasteiger partial charge in [0, 0.05) is 0 Å². The molecule has 0 heterocycles. The maximum Gasteiger partial charge on any atom is 0.310 e. The Balaban J connectivity index is 1.42. The topological polar surface area (TPSA) is 35.5 Å². The van der Waals surface area contributed by atoms with E-state index in [4.69, 9.17) is 9.47 Å². The van der Waals surface area contributed by atoms with Crippen LogP contribution in [0.5, 0.6) is 0 Å². The lowest BCUT2D eigenvalue weighted by atomic mass is 9.55. The van der Waals surface area contributed by atoms with Crippen molar-refractivity contribution in [2.24, 2.45) is 35.0 Å². The highest BCUT2D eigenvalue weighted by Crippen LogP contribution is 2.54. The summed E-state index contributed by atoms with van der Waals surface area (Å²) in [5, 5.41) is 0. The third-order valence-corrected chi connectivity index (χ3v) is 6.82. The van der Waals surface area contributed by atoms with E-state index in [9.17, 15) is 4.79 Å². The molecule has 0 aliphatic heterocycles. The van der Waals surface area contributed by atoms with Gasteiger partial charge in [-0.15, -0.1) is 0 Å². The minimum atomic E-state index is -0.102. The molecule has 4 rings (SSSR count). The third-order valence-electron chi connectivity index (χ3n) is 6.82. The first-order valence-corrected chi connectivity index (χ1v) is 9.66. The van der Waals surface area contributed by atoms with E-state index >= 15 is 0 Å². The second kappa shape index (κ2) is 6.74. The van der Waals surface area contributed by atoms with Gasteiger partial charge in [-0.25, -0.2) is 0 Å². The van der Waals surface area contributed by atoms with E-state index in [1.54, 1.807) is 0 Å². The van der Waals surface area contributed by atoms with Gasteiger partial charge in [-0.05, 0) is 67.6 Å². The quantitative estimate of drug-likeness (QED) is 0.499. The number of ether oxygens (including phenoxy) is 2. The van der Waals surface area contributed by atoms with E-state index in [0.29, 0.717) is 6.10 Å². The summed E-state index contributed by atoms with van der Waals surface area (Å²) in [6, 6.07) is 0. The second-order valence-electron chi connectivity index (χ2n) is 9.27. The SMILES string of the molecule is CCC(C)(C)CC(C)C(=O)OCOC1C2CC3CC(C2)CC1C3. The van der Waals surface area contributed by atoms with Crippen molar-refractivity contribution in [2.45, 2.75) is 78.7 Å². The highest BCUT2D eigenvalue weighted by Gasteiger charge is 2.48. The molecule has 0 radical (unpaired) electrons. The lowest BCUT2D eigenvalue weighted by Crippen LogP contribution is -2.49. The first kappa shape index (κ1) is 17.3. The van der Waals surface area contributed by atoms with Crippen molar-refractivity contribution in [3.8, 4) is 0 Å². The Labute approximate surface area is 141 Å². The van der Waals surface area contributed by atoms with E-state index in [1.807, 2.05) is 6.92 Å². The van der Waals surface area contributed by atoms with Crippen molar-refractivity contribution in [3.63, 3.8) is 0 Å². The van der Waals surface area contributed by atoms with Crippen LogP contribution in [0.4, 0.5) is 0 Å². The second-order valence-corrected chi connectivity index (χ2v) is 9.27. The van der Waals surface area contributed by atoms with E-state index in [0.717, 1.165) is 36.5 Å². The number of hydrogen-bond donors (Lipinski definition) is 0. The van der Waals surface area contributed by atoms with Crippen LogP contribution in [0.25, 0.3) is 0 Å². The van der Waals surface area contributed by atoms with Crippen molar-refractivity contribution in [2.75, 3.05) is 6.79 Å². The summed E-state index contributed by atoms with van der Waals surface area (Å²) >= 11 is 0. The van der Waals surface area contributed by atoms with Gasteiger partial charge in [-0.3, -0.25) is 4.79 Å². The van der Waals surface area contributed by atoms with E-state index < -0.39 is 0 Å². The van der Waals surface area contributed by atoms with Crippen molar-refractivity contribution >= 4 is 5.97 Å². The van der Waals surface area contributed by atoms with Gasteiger partial charge in [-0.2, -0.15) is 0 Å². The summed E-state index contributed by atoms with van der Waals surface area (Å²) < 4.78 is 11.5. The van der Waals surface area contributed by atoms with Gasteiger partial charge in [0.05, 0.1) is 12.0 Å². The molecule has 4 saturated carbocycles. The molecule has 1 atom stereocenters. The average Bonchev–Trinajstić information content (AvgIpc) is 2.48. The third kappa shape index (κ3) is 3.92. The zero-order valence-electron chi connectivity index (χ0n) is 15.3. The fourth-order valence-corrected chi connectivity index (χ4v) is 5.52. The van der Waals surface area contributed by atoms with Gasteiger partial charge in [0.25, 0.3) is 0 Å². The molecule has 4 aliphatic carbocycles. The molecule has 0 spiro atoms. The Morgan fingerprint density at radius 3 is 2.17 bits per heavy atom.